The molecule has 206 valence electrons. The van der Waals surface area contributed by atoms with Gasteiger partial charge in [-0.3, -0.25) is 0 Å². The molecule has 43 heavy (non-hydrogen) atoms. The maximum absolute atomic E-state index is 2.32. The molecule has 0 atom stereocenters. The molecule has 0 fully saturated rings. The Kier molecular flexibility index (Phi) is 6.59. The van der Waals surface area contributed by atoms with Gasteiger partial charge in [0.2, 0.25) is 0 Å². The average molecular weight is 677 g/mol. The first kappa shape index (κ1) is 26.3. The van der Waals surface area contributed by atoms with Gasteiger partial charge in [-0.2, -0.15) is 0 Å². The van der Waals surface area contributed by atoms with Crippen molar-refractivity contribution in [1.29, 1.82) is 0 Å². The molecule has 0 saturated heterocycles. The molecule has 0 aliphatic carbocycles. The van der Waals surface area contributed by atoms with E-state index in [4.69, 9.17) is 0 Å². The van der Waals surface area contributed by atoms with Gasteiger partial charge in [-0.15, -0.1) is 79.4 Å². The predicted molar refractivity (Wildman–Crippen MR) is 199 cm³/mol. The zero-order chi connectivity index (χ0) is 28.3. The average Bonchev–Trinajstić information content (AvgIpc) is 3.89. The van der Waals surface area contributed by atoms with E-state index in [0.717, 1.165) is 0 Å². The zero-order valence-corrected chi connectivity index (χ0v) is 28.1. The summed E-state index contributed by atoms with van der Waals surface area (Å²) < 4.78 is 5.66. The first-order chi connectivity index (χ1) is 21.3. The van der Waals surface area contributed by atoms with Crippen LogP contribution >= 0.6 is 79.4 Å². The molecule has 0 amide bonds. The van der Waals surface area contributed by atoms with Crippen LogP contribution in [0.1, 0.15) is 0 Å². The van der Waals surface area contributed by atoms with E-state index in [1.807, 2.05) is 56.7 Å². The van der Waals surface area contributed by atoms with Crippen LogP contribution in [0.15, 0.2) is 119 Å². The van der Waals surface area contributed by atoms with Gasteiger partial charge in [0, 0.05) is 30.6 Å². The molecule has 2 aromatic carbocycles. The Bertz CT molecular complexity index is 2120. The lowest BCUT2D eigenvalue weighted by Gasteiger charge is -2.06. The summed E-state index contributed by atoms with van der Waals surface area (Å²) in [7, 11) is 0. The monoisotopic (exact) mass is 676 g/mol. The van der Waals surface area contributed by atoms with E-state index in [1.54, 1.807) is 22.7 Å². The smallest absolute Gasteiger partial charge is 0.0643 e. The largest absolute Gasteiger partial charge is 0.144 e. The molecule has 0 bridgehead atoms. The van der Waals surface area contributed by atoms with Crippen LogP contribution in [0.4, 0.5) is 0 Å². The second kappa shape index (κ2) is 10.8. The molecular formula is C36H20S7. The van der Waals surface area contributed by atoms with Gasteiger partial charge in [0.15, 0.2) is 0 Å². The maximum atomic E-state index is 2.32. The molecule has 7 aromatic heterocycles. The van der Waals surface area contributed by atoms with Crippen molar-refractivity contribution in [2.75, 3.05) is 0 Å². The Morgan fingerprint density at radius 3 is 1.00 bits per heavy atom. The second-order valence-corrected chi connectivity index (χ2v) is 16.9. The van der Waals surface area contributed by atoms with E-state index < -0.39 is 0 Å². The highest BCUT2D eigenvalue weighted by molar-refractivity contribution is 7.42. The third-order valence-electron chi connectivity index (χ3n) is 7.59. The Balaban J connectivity index is 1.27. The Morgan fingerprint density at radius 2 is 0.651 bits per heavy atom. The molecular weight excluding hydrogens is 657 g/mol. The van der Waals surface area contributed by atoms with Crippen molar-refractivity contribution in [3.05, 3.63) is 119 Å². The lowest BCUT2D eigenvalue weighted by molar-refractivity contribution is 1.68. The minimum atomic E-state index is 1.28. The standard InChI is InChI=1S/C36H20S7/c1-5-25(37-17-1)21-9-13-23(14-10-21)29-31(27-7-3-19-39-27)41-35-33(29)43-34-30(32(42-36(34)35)28-8-4-20-40-28)24-15-11-22(12-16-24)26-6-2-18-38-26/h1-20H. The van der Waals surface area contributed by atoms with E-state index in [2.05, 4.69) is 119 Å². The van der Waals surface area contributed by atoms with Crippen LogP contribution in [0.2, 0.25) is 0 Å². The molecule has 0 aliphatic rings. The quantitative estimate of drug-likeness (QED) is 0.164. The molecule has 0 radical (unpaired) electrons. The SMILES string of the molecule is c1csc(-c2ccc(-c3c(-c4cccs4)sc4c3sc3c(-c5ccc(-c6cccs6)cc5)c(-c5cccs5)sc34)cc2)c1. The summed E-state index contributed by atoms with van der Waals surface area (Å²) in [5, 5.41) is 8.69. The van der Waals surface area contributed by atoms with E-state index in [-0.39, 0.29) is 0 Å². The van der Waals surface area contributed by atoms with Crippen LogP contribution in [0.25, 0.3) is 81.4 Å². The third kappa shape index (κ3) is 4.46. The summed E-state index contributed by atoms with van der Waals surface area (Å²) in [6, 6.07) is 36.0. The highest BCUT2D eigenvalue weighted by atomic mass is 32.1. The first-order valence-electron chi connectivity index (χ1n) is 13.7. The van der Waals surface area contributed by atoms with E-state index in [9.17, 15) is 0 Å². The molecule has 9 rings (SSSR count). The Labute approximate surface area is 277 Å². The zero-order valence-electron chi connectivity index (χ0n) is 22.4. The van der Waals surface area contributed by atoms with Gasteiger partial charge in [0.1, 0.15) is 0 Å². The van der Waals surface area contributed by atoms with Crippen molar-refractivity contribution < 1.29 is 0 Å². The Hall–Kier alpha value is -3.14. The van der Waals surface area contributed by atoms with Gasteiger partial charge in [-0.25, -0.2) is 0 Å². The summed E-state index contributed by atoms with van der Waals surface area (Å²) in [6.07, 6.45) is 0. The van der Waals surface area contributed by atoms with Crippen molar-refractivity contribution in [2.45, 2.75) is 0 Å². The van der Waals surface area contributed by atoms with Crippen LogP contribution in [0, 0.1) is 0 Å². The molecule has 0 aliphatic heterocycles. The summed E-state index contributed by atoms with van der Waals surface area (Å²) in [5.74, 6) is 0. The van der Waals surface area contributed by atoms with Gasteiger partial charge in [-0.05, 0) is 68.0 Å². The topological polar surface area (TPSA) is 0 Å². The van der Waals surface area contributed by atoms with E-state index in [1.165, 1.54) is 81.4 Å². The number of hydrogen-bond donors (Lipinski definition) is 0. The van der Waals surface area contributed by atoms with Crippen molar-refractivity contribution >= 4 is 98.2 Å². The molecule has 7 heterocycles. The molecule has 0 nitrogen and oxygen atoms in total. The maximum Gasteiger partial charge on any atom is 0.0643 e. The van der Waals surface area contributed by atoms with Crippen molar-refractivity contribution in [1.82, 2.24) is 0 Å². The molecule has 9 aromatic rings. The highest BCUT2D eigenvalue weighted by Crippen LogP contribution is 2.58. The molecule has 0 saturated carbocycles. The van der Waals surface area contributed by atoms with E-state index >= 15 is 0 Å². The number of hydrogen-bond acceptors (Lipinski definition) is 7. The second-order valence-electron chi connectivity index (χ2n) is 10.1. The minimum absolute atomic E-state index is 1.28. The van der Waals surface area contributed by atoms with Crippen LogP contribution < -0.4 is 0 Å². The molecule has 0 N–H and O–H groups in total. The summed E-state index contributed by atoms with van der Waals surface area (Å²) >= 11 is 13.2. The van der Waals surface area contributed by atoms with Crippen LogP contribution in [0.5, 0.6) is 0 Å². The number of thiophene rings is 7. The summed E-state index contributed by atoms with van der Waals surface area (Å²) in [6.45, 7) is 0. The summed E-state index contributed by atoms with van der Waals surface area (Å²) in [4.78, 5) is 8.09. The van der Waals surface area contributed by atoms with Gasteiger partial charge < -0.3 is 0 Å². The van der Waals surface area contributed by atoms with Gasteiger partial charge in [0.25, 0.3) is 0 Å². The highest BCUT2D eigenvalue weighted by Gasteiger charge is 2.26. The number of fused-ring (bicyclic) bond motifs is 3. The van der Waals surface area contributed by atoms with Crippen LogP contribution in [0.3, 0.4) is 0 Å². The Morgan fingerprint density at radius 1 is 0.302 bits per heavy atom. The van der Waals surface area contributed by atoms with Crippen LogP contribution in [-0.2, 0) is 0 Å². The first-order valence-corrected chi connectivity index (χ1v) is 19.7. The van der Waals surface area contributed by atoms with Crippen molar-refractivity contribution in [2.24, 2.45) is 0 Å². The fourth-order valence-electron chi connectivity index (χ4n) is 5.60. The fraction of sp³-hybridized carbons (Fsp3) is 0. The molecule has 0 unspecified atom stereocenters. The number of benzene rings is 2. The summed E-state index contributed by atoms with van der Waals surface area (Å²) in [5.41, 5.74) is 7.91. The van der Waals surface area contributed by atoms with Gasteiger partial charge in [0.05, 0.1) is 28.6 Å². The normalized spacial score (nSPS) is 11.7. The van der Waals surface area contributed by atoms with Crippen LogP contribution in [-0.4, -0.2) is 0 Å². The van der Waals surface area contributed by atoms with Gasteiger partial charge in [-0.1, -0.05) is 72.8 Å². The van der Waals surface area contributed by atoms with Crippen molar-refractivity contribution in [3.8, 4) is 62.6 Å². The van der Waals surface area contributed by atoms with Crippen molar-refractivity contribution in [3.63, 3.8) is 0 Å². The minimum Gasteiger partial charge on any atom is -0.144 e. The molecule has 0 spiro atoms. The fourth-order valence-corrected chi connectivity index (χ4v) is 13.4. The molecule has 7 heteroatoms. The number of rotatable bonds is 6. The predicted octanol–water partition coefficient (Wildman–Crippen LogP) is 14.4. The third-order valence-corrected chi connectivity index (χ3v) is 15.6. The van der Waals surface area contributed by atoms with E-state index in [0.29, 0.717) is 0 Å². The lowest BCUT2D eigenvalue weighted by Crippen LogP contribution is -1.80. The lowest BCUT2D eigenvalue weighted by atomic mass is 10.0. The van der Waals surface area contributed by atoms with Gasteiger partial charge >= 0.3 is 0 Å².